The number of carbonyl (C=O) groups is 1. The Morgan fingerprint density at radius 2 is 0.930 bits per heavy atom. The molecule has 0 unspecified atom stereocenters. The minimum Gasteiger partial charge on any atom is -0.507 e. The van der Waals surface area contributed by atoms with Gasteiger partial charge in [0, 0.05) is 6.42 Å². The number of esters is 1. The number of hydrogen-bond acceptors (Lipinski definition) is 3. The topological polar surface area (TPSA) is 46.5 Å². The van der Waals surface area contributed by atoms with Crippen molar-refractivity contribution < 1.29 is 98.1 Å². The summed E-state index contributed by atoms with van der Waals surface area (Å²) < 4.78 is 256. The third kappa shape index (κ3) is 5.85. The van der Waals surface area contributed by atoms with Gasteiger partial charge in [0.1, 0.15) is 5.75 Å². The van der Waals surface area contributed by atoms with Crippen LogP contribution >= 0.6 is 0 Å². The number of phenolic OH excluding ortho intramolecular Hbond substituents is 1. The minimum atomic E-state index is -9.02. The van der Waals surface area contributed by atoms with E-state index in [9.17, 15) is 93.3 Å². The molecule has 1 aromatic carbocycles. The summed E-state index contributed by atoms with van der Waals surface area (Å²) >= 11 is 0. The van der Waals surface area contributed by atoms with E-state index in [1.54, 1.807) is 0 Å². The third-order valence-corrected chi connectivity index (χ3v) is 5.76. The Hall–Kier alpha value is -2.84. The zero-order valence-electron chi connectivity index (χ0n) is 20.7. The standard InChI is InChI=1S/C21H15F19O3/c1-8-5-10(6-9(2)12(8)42)3-4-11(41)43-7-13(22,23)14(24,25)15(26,27)16(28,29)17(30,31)18(32,33)19(34,35)20(36,37)21(38,39)40/h5-6,42H,3-4,7H2,1-2H3. The molecule has 0 aliphatic heterocycles. The molecule has 0 amide bonds. The van der Waals surface area contributed by atoms with Gasteiger partial charge in [-0.2, -0.15) is 83.4 Å². The van der Waals surface area contributed by atoms with Gasteiger partial charge < -0.3 is 9.84 Å². The van der Waals surface area contributed by atoms with E-state index in [1.807, 2.05) is 0 Å². The molecule has 43 heavy (non-hydrogen) atoms. The number of halogens is 19. The number of hydrogen-bond donors (Lipinski definition) is 1. The largest absolute Gasteiger partial charge is 0.507 e. The summed E-state index contributed by atoms with van der Waals surface area (Å²) in [6.07, 6.45) is -9.49. The first kappa shape index (κ1) is 38.2. The van der Waals surface area contributed by atoms with Crippen LogP contribution in [0.2, 0.25) is 0 Å². The number of rotatable bonds is 12. The van der Waals surface area contributed by atoms with Gasteiger partial charge in [-0.1, -0.05) is 12.1 Å². The third-order valence-electron chi connectivity index (χ3n) is 5.76. The summed E-state index contributed by atoms with van der Waals surface area (Å²) in [4.78, 5) is 11.6. The first-order valence-corrected chi connectivity index (χ1v) is 10.7. The Bertz CT molecular complexity index is 1160. The molecular formula is C21H15F19O3. The lowest BCUT2D eigenvalue weighted by molar-refractivity contribution is -0.469. The van der Waals surface area contributed by atoms with Crippen LogP contribution in [0.4, 0.5) is 83.4 Å². The molecule has 0 saturated heterocycles. The maximum atomic E-state index is 13.9. The smallest absolute Gasteiger partial charge is 0.460 e. The van der Waals surface area contributed by atoms with E-state index in [4.69, 9.17) is 0 Å². The molecule has 0 saturated carbocycles. The zero-order chi connectivity index (χ0) is 34.6. The van der Waals surface area contributed by atoms with Crippen LogP contribution in [0.1, 0.15) is 23.1 Å². The van der Waals surface area contributed by atoms with E-state index in [2.05, 4.69) is 4.74 Å². The van der Waals surface area contributed by atoms with Crippen LogP contribution in [-0.2, 0) is 16.0 Å². The molecule has 22 heteroatoms. The Balaban J connectivity index is 3.32. The summed E-state index contributed by atoms with van der Waals surface area (Å²) in [5, 5.41) is 9.62. The predicted octanol–water partition coefficient (Wildman–Crippen LogP) is 8.13. The van der Waals surface area contributed by atoms with Crippen molar-refractivity contribution in [3.63, 3.8) is 0 Å². The Labute approximate surface area is 226 Å². The summed E-state index contributed by atoms with van der Waals surface area (Å²) in [6.45, 7) is -0.668. The van der Waals surface area contributed by atoms with Crippen molar-refractivity contribution in [3.05, 3.63) is 28.8 Å². The lowest BCUT2D eigenvalue weighted by Gasteiger charge is -2.43. The van der Waals surface area contributed by atoms with Crippen molar-refractivity contribution in [3.8, 4) is 5.75 Å². The van der Waals surface area contributed by atoms with E-state index in [0.717, 1.165) is 0 Å². The molecule has 0 aliphatic rings. The van der Waals surface area contributed by atoms with Gasteiger partial charge in [0.15, 0.2) is 6.61 Å². The van der Waals surface area contributed by atoms with Gasteiger partial charge in [-0.25, -0.2) is 0 Å². The van der Waals surface area contributed by atoms with E-state index in [1.165, 1.54) is 26.0 Å². The minimum absolute atomic E-state index is 0.157. The number of ether oxygens (including phenoxy) is 1. The van der Waals surface area contributed by atoms with E-state index < -0.39 is 79.0 Å². The summed E-state index contributed by atoms with van der Waals surface area (Å²) in [6, 6.07) is 2.43. The normalized spacial score (nSPS) is 15.1. The zero-order valence-corrected chi connectivity index (χ0v) is 20.7. The number of aryl methyl sites for hydroxylation is 3. The predicted molar refractivity (Wildman–Crippen MR) is 102 cm³/mol. The molecule has 0 aliphatic carbocycles. The molecule has 1 rings (SSSR count). The Morgan fingerprint density at radius 3 is 1.28 bits per heavy atom. The Kier molecular flexibility index (Phi) is 9.72. The van der Waals surface area contributed by atoms with Crippen molar-refractivity contribution in [2.45, 2.75) is 80.2 Å². The van der Waals surface area contributed by atoms with E-state index >= 15 is 0 Å². The van der Waals surface area contributed by atoms with Gasteiger partial charge in [-0.15, -0.1) is 0 Å². The fourth-order valence-electron chi connectivity index (χ4n) is 3.16. The lowest BCUT2D eigenvalue weighted by atomic mass is 9.87. The maximum absolute atomic E-state index is 13.9. The van der Waals surface area contributed by atoms with E-state index in [-0.39, 0.29) is 22.4 Å². The number of phenols is 1. The second-order valence-electron chi connectivity index (χ2n) is 8.96. The van der Waals surface area contributed by atoms with Crippen LogP contribution in [0, 0.1) is 13.8 Å². The molecule has 1 N–H and O–H groups in total. The molecule has 0 aromatic heterocycles. The molecule has 0 radical (unpaired) electrons. The van der Waals surface area contributed by atoms with Crippen LogP contribution in [0.5, 0.6) is 5.75 Å². The quantitative estimate of drug-likeness (QED) is 0.180. The van der Waals surface area contributed by atoms with Crippen molar-refractivity contribution in [2.24, 2.45) is 0 Å². The fourth-order valence-corrected chi connectivity index (χ4v) is 3.16. The van der Waals surface area contributed by atoms with Crippen molar-refractivity contribution in [1.29, 1.82) is 0 Å². The van der Waals surface area contributed by atoms with Gasteiger partial charge >= 0.3 is 59.5 Å². The van der Waals surface area contributed by atoms with Crippen LogP contribution < -0.4 is 0 Å². The molecule has 0 spiro atoms. The highest BCUT2D eigenvalue weighted by molar-refractivity contribution is 5.69. The highest BCUT2D eigenvalue weighted by atomic mass is 19.4. The molecular weight excluding hydrogens is 661 g/mol. The van der Waals surface area contributed by atoms with Gasteiger partial charge in [-0.05, 0) is 37.0 Å². The highest BCUT2D eigenvalue weighted by Gasteiger charge is 2.96. The number of alkyl halides is 19. The molecule has 0 atom stereocenters. The summed E-state index contributed by atoms with van der Waals surface area (Å²) in [7, 11) is 0. The number of carbonyl (C=O) groups excluding carboxylic acids is 1. The summed E-state index contributed by atoms with van der Waals surface area (Å²) in [5.74, 6) is -69.9. The number of benzene rings is 1. The molecule has 3 nitrogen and oxygen atoms in total. The van der Waals surface area contributed by atoms with Crippen LogP contribution in [0.25, 0.3) is 0 Å². The van der Waals surface area contributed by atoms with Crippen molar-refractivity contribution in [1.82, 2.24) is 0 Å². The Morgan fingerprint density at radius 1 is 0.605 bits per heavy atom. The van der Waals surface area contributed by atoms with Crippen molar-refractivity contribution >= 4 is 5.97 Å². The molecule has 0 heterocycles. The van der Waals surface area contributed by atoms with E-state index in [0.29, 0.717) is 0 Å². The van der Waals surface area contributed by atoms with Crippen LogP contribution in [-0.4, -0.2) is 71.2 Å². The molecule has 0 fully saturated rings. The van der Waals surface area contributed by atoms with Gasteiger partial charge in [0.05, 0.1) is 0 Å². The monoisotopic (exact) mass is 676 g/mol. The van der Waals surface area contributed by atoms with Gasteiger partial charge in [-0.3, -0.25) is 4.79 Å². The summed E-state index contributed by atoms with van der Waals surface area (Å²) in [5.41, 5.74) is 0.573. The fraction of sp³-hybridized carbons (Fsp3) is 0.667. The number of aromatic hydroxyl groups is 1. The molecule has 250 valence electrons. The average molecular weight is 676 g/mol. The second-order valence-corrected chi connectivity index (χ2v) is 8.96. The molecule has 1 aromatic rings. The SMILES string of the molecule is Cc1cc(CCC(=O)OCC(F)(F)C(F)(F)C(F)(F)C(F)(F)C(F)(F)C(F)(F)C(F)(F)C(F)(F)C(F)(F)F)cc(C)c1O. The van der Waals surface area contributed by atoms with Gasteiger partial charge in [0.2, 0.25) is 0 Å². The van der Waals surface area contributed by atoms with Crippen LogP contribution in [0.3, 0.4) is 0 Å². The molecule has 0 bridgehead atoms. The first-order valence-electron chi connectivity index (χ1n) is 10.7. The maximum Gasteiger partial charge on any atom is 0.460 e. The lowest BCUT2D eigenvalue weighted by Crippen LogP contribution is -2.76. The highest BCUT2D eigenvalue weighted by Crippen LogP contribution is 2.65. The first-order chi connectivity index (χ1) is 18.7. The van der Waals surface area contributed by atoms with Crippen molar-refractivity contribution in [2.75, 3.05) is 6.61 Å². The second kappa shape index (κ2) is 11.0. The van der Waals surface area contributed by atoms with Crippen LogP contribution in [0.15, 0.2) is 12.1 Å². The average Bonchev–Trinajstić information content (AvgIpc) is 2.83. The van der Waals surface area contributed by atoms with Gasteiger partial charge in [0.25, 0.3) is 0 Å².